The van der Waals surface area contributed by atoms with Gasteiger partial charge in [-0.15, -0.1) is 0 Å². The van der Waals surface area contributed by atoms with Gasteiger partial charge in [0.05, 0.1) is 36.6 Å². The highest BCUT2D eigenvalue weighted by molar-refractivity contribution is 5.78. The van der Waals surface area contributed by atoms with Crippen molar-refractivity contribution in [2.75, 3.05) is 114 Å². The average Bonchev–Trinajstić information content (AvgIpc) is 1.41. The Morgan fingerprint density at radius 1 is 0.415 bits per heavy atom. The minimum absolute atomic E-state index is 0. The van der Waals surface area contributed by atoms with Gasteiger partial charge in [0.2, 0.25) is 0 Å². The van der Waals surface area contributed by atoms with Gasteiger partial charge in [0.15, 0.2) is 0 Å². The molecule has 3 aromatic carbocycles. The smallest absolute Gasteiger partial charge is 0.325 e. The van der Waals surface area contributed by atoms with Gasteiger partial charge < -0.3 is 59.7 Å². The van der Waals surface area contributed by atoms with E-state index in [1.165, 1.54) is 36.0 Å². The first-order valence-corrected chi connectivity index (χ1v) is 43.2. The molecule has 21 heteroatoms. The fourth-order valence-electron chi connectivity index (χ4n) is 18.5. The molecule has 0 amide bonds. The van der Waals surface area contributed by atoms with Crippen molar-refractivity contribution in [3.8, 4) is 0 Å². The second kappa shape index (κ2) is 44.9. The zero-order chi connectivity index (χ0) is 79.6. The van der Waals surface area contributed by atoms with Gasteiger partial charge in [0.25, 0.3) is 0 Å². The van der Waals surface area contributed by atoms with E-state index >= 15 is 0 Å². The number of ether oxygens (including phenoxy) is 6. The maximum atomic E-state index is 12.5. The fraction of sp³-hybridized carbons (Fsp3) is 0.629. The van der Waals surface area contributed by atoms with E-state index in [4.69, 9.17) is 43.4 Å². The van der Waals surface area contributed by atoms with Crippen molar-refractivity contribution in [1.82, 2.24) is 29.7 Å². The predicted molar refractivity (Wildman–Crippen MR) is 472 cm³/mol. The third kappa shape index (κ3) is 25.8. The van der Waals surface area contributed by atoms with E-state index in [2.05, 4.69) is 127 Å². The van der Waals surface area contributed by atoms with Crippen molar-refractivity contribution in [2.45, 2.75) is 280 Å². The van der Waals surface area contributed by atoms with E-state index in [9.17, 15) is 29.7 Å². The van der Waals surface area contributed by atoms with E-state index in [1.807, 2.05) is 54.6 Å². The van der Waals surface area contributed by atoms with Crippen molar-refractivity contribution in [1.29, 1.82) is 0 Å². The summed E-state index contributed by atoms with van der Waals surface area (Å²) in [6.07, 6.45) is 24.1. The first-order valence-electron chi connectivity index (χ1n) is 43.2. The number of aryl methyl sites for hydroxylation is 6. The van der Waals surface area contributed by atoms with E-state index < -0.39 is 36.0 Å². The highest BCUT2D eigenvalue weighted by atomic mass is 16.5. The van der Waals surface area contributed by atoms with Crippen LogP contribution < -0.4 is 16.0 Å². The monoisotopic (exact) mass is 1630 g/mol. The molecule has 15 rings (SSSR count). The lowest BCUT2D eigenvalue weighted by Gasteiger charge is -2.37. The summed E-state index contributed by atoms with van der Waals surface area (Å²) in [6, 6.07) is 34.9. The molecule has 0 saturated carbocycles. The zero-order valence-corrected chi connectivity index (χ0v) is 68.9. The summed E-state index contributed by atoms with van der Waals surface area (Å²) >= 11 is 0. The van der Waals surface area contributed by atoms with Gasteiger partial charge in [-0.1, -0.05) is 162 Å². The van der Waals surface area contributed by atoms with Crippen molar-refractivity contribution < 1.29 is 58.1 Å². The number of carboxylic acids is 3. The molecule has 12 heterocycles. The number of hydrogen-bond acceptors (Lipinski definition) is 18. The number of aromatic nitrogens is 3. The molecule has 650 valence electrons. The summed E-state index contributed by atoms with van der Waals surface area (Å²) in [7, 11) is 0. The van der Waals surface area contributed by atoms with Crippen LogP contribution in [0.15, 0.2) is 109 Å². The van der Waals surface area contributed by atoms with Gasteiger partial charge in [-0.05, 0) is 239 Å². The largest absolute Gasteiger partial charge is 0.480 e. The van der Waals surface area contributed by atoms with Crippen LogP contribution in [0.25, 0.3) is 0 Å². The highest BCUT2D eigenvalue weighted by Crippen LogP contribution is 2.46. The van der Waals surface area contributed by atoms with Gasteiger partial charge in [-0.2, -0.15) is 0 Å². The molecule has 0 spiro atoms. The molecular weight excluding hydrogens is 1480 g/mol. The number of unbranched alkanes of at least 4 members (excludes halogenated alkanes) is 3. The Balaban J connectivity index is 0.000000198. The number of aliphatic carboxylic acids is 3. The number of carboxylic acid groups (broad SMARTS) is 3. The van der Waals surface area contributed by atoms with Crippen LogP contribution in [0.1, 0.15) is 290 Å². The number of nitrogens with zero attached hydrogens (tertiary/aromatic N) is 6. The highest BCUT2D eigenvalue weighted by Gasteiger charge is 2.42. The minimum atomic E-state index is -0.805. The molecule has 6 saturated heterocycles. The summed E-state index contributed by atoms with van der Waals surface area (Å²) in [6.45, 7) is 24.9. The molecule has 9 aliphatic heterocycles. The van der Waals surface area contributed by atoms with Crippen LogP contribution in [-0.4, -0.2) is 180 Å². The standard InChI is InChI=1S/3C31H43N3O4.4CH4/c3*1-31(2)15-19-38-27(20-31)25-10-3-4-11-26(25)28(30(35)36)34-17-14-24(21-34)37-18-6-5-9-23-13-12-22-8-7-16-32-29(22)33-23;;;;/h3*3-4,10-13,24,27-28H,5-9,14-21H2,1-2H3,(H,32,33)(H,35,36);4*1H4/t24-,27+,28+;24-,27+,28-;24-,27-,28-;;;;/m111..../s1. The Bertz CT molecular complexity index is 3730. The minimum Gasteiger partial charge on any atom is -0.480 e. The van der Waals surface area contributed by atoms with Gasteiger partial charge in [-0.3, -0.25) is 29.1 Å². The lowest BCUT2D eigenvalue weighted by Crippen LogP contribution is -2.35. The third-order valence-corrected chi connectivity index (χ3v) is 25.1. The van der Waals surface area contributed by atoms with Gasteiger partial charge in [0.1, 0.15) is 35.6 Å². The van der Waals surface area contributed by atoms with Crippen LogP contribution >= 0.6 is 0 Å². The number of hydrogen-bond donors (Lipinski definition) is 6. The SMILES string of the molecule is C.C.C.C.CC1(C)CCO[C@@H](c2ccccc2[C@H](C(=O)O)N2CC[C@@H](OCCCCc3ccc4c(n3)NCCC4)C2)C1.CC1(C)CCO[C@H](c2ccccc2[C@@H](C(=O)O)N2CC[C@@H](OCCCCc3ccc4c(n3)NCCC4)C2)C1.CC1(C)CCO[C@H](c2ccccc2[C@H](C(=O)O)N2CC[C@@H](OCCCCc3ccc4c(n3)NCCC4)C2)C1. The number of carbonyl (C=O) groups is 3. The molecule has 9 atom stereocenters. The second-order valence-electron chi connectivity index (χ2n) is 35.8. The van der Waals surface area contributed by atoms with E-state index in [-0.39, 0.29) is 82.6 Å². The van der Waals surface area contributed by atoms with Crippen molar-refractivity contribution in [3.63, 3.8) is 0 Å². The van der Waals surface area contributed by atoms with Crippen LogP contribution in [0.2, 0.25) is 0 Å². The molecular formula is C97H145N9O12. The fourth-order valence-corrected chi connectivity index (χ4v) is 18.5. The number of fused-ring (bicyclic) bond motifs is 3. The molecule has 0 aliphatic carbocycles. The lowest BCUT2D eigenvalue weighted by atomic mass is 9.79. The van der Waals surface area contributed by atoms with Gasteiger partial charge in [0, 0.05) is 116 Å². The number of benzene rings is 3. The second-order valence-corrected chi connectivity index (χ2v) is 35.8. The summed E-state index contributed by atoms with van der Waals surface area (Å²) < 4.78 is 37.1. The molecule has 21 nitrogen and oxygen atoms in total. The summed E-state index contributed by atoms with van der Waals surface area (Å²) in [5.41, 5.74) is 13.6. The van der Waals surface area contributed by atoms with E-state index in [0.717, 1.165) is 242 Å². The summed E-state index contributed by atoms with van der Waals surface area (Å²) in [4.78, 5) is 58.2. The average molecular weight is 1630 g/mol. The Hall–Kier alpha value is -7.44. The maximum absolute atomic E-state index is 12.5. The molecule has 3 aromatic heterocycles. The van der Waals surface area contributed by atoms with Crippen molar-refractivity contribution in [3.05, 3.63) is 176 Å². The molecule has 9 aliphatic rings. The Morgan fingerprint density at radius 3 is 0.966 bits per heavy atom. The number of likely N-dealkylation sites (tertiary alicyclic amines) is 3. The molecule has 0 unspecified atom stereocenters. The van der Waals surface area contributed by atoms with Crippen LogP contribution in [0.4, 0.5) is 17.5 Å². The first kappa shape index (κ1) is 94.4. The van der Waals surface area contributed by atoms with Crippen LogP contribution in [-0.2, 0) is 81.3 Å². The number of rotatable bonds is 30. The number of nitrogens with one attached hydrogen (secondary N) is 3. The zero-order valence-electron chi connectivity index (χ0n) is 68.9. The molecule has 0 radical (unpaired) electrons. The van der Waals surface area contributed by atoms with Crippen LogP contribution in [0, 0.1) is 16.2 Å². The predicted octanol–water partition coefficient (Wildman–Crippen LogP) is 19.2. The van der Waals surface area contributed by atoms with Crippen LogP contribution in [0.3, 0.4) is 0 Å². The Morgan fingerprint density at radius 2 is 0.695 bits per heavy atom. The molecule has 118 heavy (non-hydrogen) atoms. The molecule has 6 N–H and O–H groups in total. The van der Waals surface area contributed by atoms with Crippen molar-refractivity contribution >= 4 is 35.4 Å². The topological polar surface area (TPSA) is 252 Å². The molecule has 6 aromatic rings. The maximum Gasteiger partial charge on any atom is 0.325 e. The first-order chi connectivity index (χ1) is 55.2. The number of pyridine rings is 3. The van der Waals surface area contributed by atoms with E-state index in [0.29, 0.717) is 59.3 Å². The summed E-state index contributed by atoms with van der Waals surface area (Å²) in [5.74, 6) is 0.763. The van der Waals surface area contributed by atoms with E-state index in [1.54, 1.807) is 0 Å². The van der Waals surface area contributed by atoms with Gasteiger partial charge >= 0.3 is 17.9 Å². The number of anilines is 3. The normalized spacial score (nSPS) is 23.1. The quantitative estimate of drug-likeness (QED) is 0.0229. The lowest BCUT2D eigenvalue weighted by molar-refractivity contribution is -0.144. The molecule has 6 fully saturated rings. The van der Waals surface area contributed by atoms with Gasteiger partial charge in [-0.25, -0.2) is 15.0 Å². The Labute approximate surface area is 706 Å². The van der Waals surface area contributed by atoms with Crippen LogP contribution in [0.5, 0.6) is 0 Å². The Kier molecular flexibility index (Phi) is 35.9. The third-order valence-electron chi connectivity index (χ3n) is 25.1. The van der Waals surface area contributed by atoms with Crippen molar-refractivity contribution in [2.24, 2.45) is 16.2 Å². The summed E-state index contributed by atoms with van der Waals surface area (Å²) in [5, 5.41) is 41.1. The molecule has 0 bridgehead atoms.